The van der Waals surface area contributed by atoms with Crippen molar-refractivity contribution in [2.24, 2.45) is 0 Å². The molecular formula is C16H16FNO. The van der Waals surface area contributed by atoms with Gasteiger partial charge in [0.25, 0.3) is 0 Å². The first-order chi connectivity index (χ1) is 9.22. The second-order valence-corrected chi connectivity index (χ2v) is 4.97. The first-order valence-corrected chi connectivity index (χ1v) is 6.54. The highest BCUT2D eigenvalue weighted by molar-refractivity contribution is 5.55. The quantitative estimate of drug-likeness (QED) is 0.890. The van der Waals surface area contributed by atoms with Crippen LogP contribution in [0.15, 0.2) is 42.5 Å². The molecule has 0 atom stereocenters. The summed E-state index contributed by atoms with van der Waals surface area (Å²) in [7, 11) is 0. The fourth-order valence-electron chi connectivity index (χ4n) is 2.72. The number of fused-ring (bicyclic) bond motifs is 1. The largest absolute Gasteiger partial charge is 0.508 e. The van der Waals surface area contributed by atoms with Crippen LogP contribution in [0.1, 0.15) is 17.5 Å². The van der Waals surface area contributed by atoms with E-state index in [0.29, 0.717) is 6.54 Å². The van der Waals surface area contributed by atoms with Crippen LogP contribution in [0.2, 0.25) is 0 Å². The molecule has 0 bridgehead atoms. The molecule has 0 aromatic heterocycles. The Morgan fingerprint density at radius 2 is 2.00 bits per heavy atom. The van der Waals surface area contributed by atoms with Gasteiger partial charge in [0.15, 0.2) is 0 Å². The molecule has 0 saturated carbocycles. The summed E-state index contributed by atoms with van der Waals surface area (Å²) in [4.78, 5) is 2.24. The van der Waals surface area contributed by atoms with E-state index in [-0.39, 0.29) is 11.6 Å². The highest BCUT2D eigenvalue weighted by Gasteiger charge is 2.16. The van der Waals surface area contributed by atoms with Crippen LogP contribution in [-0.2, 0) is 13.0 Å². The fraction of sp³-hybridized carbons (Fsp3) is 0.250. The predicted octanol–water partition coefficient (Wildman–Crippen LogP) is 3.48. The zero-order chi connectivity index (χ0) is 13.2. The number of phenolic OH excluding ortho intramolecular Hbond substituents is 1. The molecule has 1 heterocycles. The number of aromatic hydroxyl groups is 1. The first-order valence-electron chi connectivity index (χ1n) is 6.54. The van der Waals surface area contributed by atoms with Crippen molar-refractivity contribution in [2.45, 2.75) is 19.4 Å². The number of hydrogen-bond acceptors (Lipinski definition) is 2. The molecule has 98 valence electrons. The lowest BCUT2D eigenvalue weighted by molar-refractivity contribution is 0.468. The van der Waals surface area contributed by atoms with E-state index < -0.39 is 0 Å². The lowest BCUT2D eigenvalue weighted by Crippen LogP contribution is -2.28. The lowest BCUT2D eigenvalue weighted by atomic mass is 10.0. The Bertz CT molecular complexity index is 577. The maximum absolute atomic E-state index is 13.3. The number of anilines is 1. The first kappa shape index (κ1) is 12.0. The Morgan fingerprint density at radius 3 is 2.84 bits per heavy atom. The van der Waals surface area contributed by atoms with Crippen LogP contribution in [0.25, 0.3) is 0 Å². The van der Waals surface area contributed by atoms with E-state index in [1.54, 1.807) is 6.07 Å². The average Bonchev–Trinajstić information content (AvgIpc) is 2.38. The van der Waals surface area contributed by atoms with Crippen molar-refractivity contribution in [1.82, 2.24) is 0 Å². The van der Waals surface area contributed by atoms with Crippen LogP contribution < -0.4 is 4.90 Å². The summed E-state index contributed by atoms with van der Waals surface area (Å²) >= 11 is 0. The van der Waals surface area contributed by atoms with Crippen molar-refractivity contribution in [3.8, 4) is 5.75 Å². The third kappa shape index (κ3) is 2.55. The van der Waals surface area contributed by atoms with Gasteiger partial charge in [0.2, 0.25) is 0 Å². The summed E-state index contributed by atoms with van der Waals surface area (Å²) in [6.07, 6.45) is 2.21. The maximum atomic E-state index is 13.3. The van der Waals surface area contributed by atoms with Crippen molar-refractivity contribution in [3.05, 3.63) is 59.4 Å². The molecule has 0 unspecified atom stereocenters. The molecule has 0 radical (unpaired) electrons. The molecule has 2 nitrogen and oxygen atoms in total. The number of phenols is 1. The van der Waals surface area contributed by atoms with Crippen molar-refractivity contribution >= 4 is 5.69 Å². The monoisotopic (exact) mass is 257 g/mol. The van der Waals surface area contributed by atoms with E-state index in [1.165, 1.54) is 17.3 Å². The van der Waals surface area contributed by atoms with Crippen molar-refractivity contribution in [3.63, 3.8) is 0 Å². The van der Waals surface area contributed by atoms with Crippen LogP contribution >= 0.6 is 0 Å². The van der Waals surface area contributed by atoms with Gasteiger partial charge in [0.1, 0.15) is 11.6 Å². The molecule has 0 saturated heterocycles. The summed E-state index contributed by atoms with van der Waals surface area (Å²) in [5, 5.41) is 9.46. The molecule has 0 amide bonds. The fourth-order valence-corrected chi connectivity index (χ4v) is 2.72. The van der Waals surface area contributed by atoms with E-state index in [2.05, 4.69) is 23.1 Å². The Kier molecular flexibility index (Phi) is 3.11. The molecule has 1 aliphatic rings. The highest BCUT2D eigenvalue weighted by atomic mass is 19.1. The van der Waals surface area contributed by atoms with E-state index >= 15 is 0 Å². The van der Waals surface area contributed by atoms with E-state index in [0.717, 1.165) is 31.0 Å². The Balaban J connectivity index is 1.88. The van der Waals surface area contributed by atoms with Crippen LogP contribution in [0.3, 0.4) is 0 Å². The molecule has 1 N–H and O–H groups in total. The van der Waals surface area contributed by atoms with Gasteiger partial charge in [-0.05, 0) is 42.2 Å². The predicted molar refractivity (Wildman–Crippen MR) is 73.9 cm³/mol. The number of halogens is 1. The standard InChI is InChI=1S/C16H16FNO/c17-14-8-12(9-15(19)10-14)11-18-7-3-5-13-4-1-2-6-16(13)18/h1-2,4,6,8-10,19H,3,5,7,11H2. The summed E-state index contributed by atoms with van der Waals surface area (Å²) in [5.41, 5.74) is 3.36. The summed E-state index contributed by atoms with van der Waals surface area (Å²) in [6, 6.07) is 12.6. The number of benzene rings is 2. The van der Waals surface area contributed by atoms with E-state index in [4.69, 9.17) is 0 Å². The van der Waals surface area contributed by atoms with Crippen molar-refractivity contribution in [1.29, 1.82) is 0 Å². The Hall–Kier alpha value is -2.03. The molecule has 3 rings (SSSR count). The van der Waals surface area contributed by atoms with Crippen LogP contribution in [0, 0.1) is 5.82 Å². The summed E-state index contributed by atoms with van der Waals surface area (Å²) < 4.78 is 13.3. The molecule has 3 heteroatoms. The second-order valence-electron chi connectivity index (χ2n) is 4.97. The van der Waals surface area contributed by atoms with Crippen molar-refractivity contribution < 1.29 is 9.50 Å². The maximum Gasteiger partial charge on any atom is 0.127 e. The van der Waals surface area contributed by atoms with Gasteiger partial charge < -0.3 is 10.0 Å². The van der Waals surface area contributed by atoms with Gasteiger partial charge in [-0.25, -0.2) is 4.39 Å². The lowest BCUT2D eigenvalue weighted by Gasteiger charge is -2.31. The zero-order valence-corrected chi connectivity index (χ0v) is 10.6. The summed E-state index contributed by atoms with van der Waals surface area (Å²) in [6.45, 7) is 1.59. The number of aryl methyl sites for hydroxylation is 1. The smallest absolute Gasteiger partial charge is 0.127 e. The number of rotatable bonds is 2. The molecule has 1 aliphatic heterocycles. The molecule has 2 aromatic carbocycles. The molecule has 19 heavy (non-hydrogen) atoms. The van der Waals surface area contributed by atoms with E-state index in [1.807, 2.05) is 6.07 Å². The Morgan fingerprint density at radius 1 is 1.16 bits per heavy atom. The average molecular weight is 257 g/mol. The van der Waals surface area contributed by atoms with Gasteiger partial charge in [-0.3, -0.25) is 0 Å². The number of hydrogen-bond donors (Lipinski definition) is 1. The van der Waals surface area contributed by atoms with Gasteiger partial charge in [-0.15, -0.1) is 0 Å². The van der Waals surface area contributed by atoms with Crippen LogP contribution in [-0.4, -0.2) is 11.7 Å². The normalized spacial score (nSPS) is 14.3. The van der Waals surface area contributed by atoms with E-state index in [9.17, 15) is 9.50 Å². The summed E-state index contributed by atoms with van der Waals surface area (Å²) in [5.74, 6) is -0.402. The zero-order valence-electron chi connectivity index (χ0n) is 10.6. The molecular weight excluding hydrogens is 241 g/mol. The third-order valence-corrected chi connectivity index (χ3v) is 3.52. The molecule has 0 aliphatic carbocycles. The SMILES string of the molecule is Oc1cc(F)cc(CN2CCCc3ccccc32)c1. The molecule has 0 spiro atoms. The van der Waals surface area contributed by atoms with Gasteiger partial charge in [-0.2, -0.15) is 0 Å². The molecule has 0 fully saturated rings. The minimum Gasteiger partial charge on any atom is -0.508 e. The van der Waals surface area contributed by atoms with Crippen molar-refractivity contribution in [2.75, 3.05) is 11.4 Å². The van der Waals surface area contributed by atoms with Crippen LogP contribution in [0.5, 0.6) is 5.75 Å². The van der Waals surface area contributed by atoms with Gasteiger partial charge >= 0.3 is 0 Å². The molecule has 2 aromatic rings. The number of para-hydroxylation sites is 1. The minimum atomic E-state index is -0.389. The highest BCUT2D eigenvalue weighted by Crippen LogP contribution is 2.28. The second kappa shape index (κ2) is 4.92. The topological polar surface area (TPSA) is 23.5 Å². The third-order valence-electron chi connectivity index (χ3n) is 3.52. The number of nitrogens with zero attached hydrogens (tertiary/aromatic N) is 1. The van der Waals surface area contributed by atoms with Gasteiger partial charge in [0.05, 0.1) is 0 Å². The van der Waals surface area contributed by atoms with Gasteiger partial charge in [-0.1, -0.05) is 18.2 Å². The minimum absolute atomic E-state index is 0.0136. The van der Waals surface area contributed by atoms with Crippen LogP contribution in [0.4, 0.5) is 10.1 Å². The Labute approximate surface area is 112 Å². The van der Waals surface area contributed by atoms with Gasteiger partial charge in [0, 0.05) is 24.8 Å².